The van der Waals surface area contributed by atoms with Crippen molar-refractivity contribution in [3.05, 3.63) is 70.8 Å². The van der Waals surface area contributed by atoms with E-state index in [9.17, 15) is 4.79 Å². The van der Waals surface area contributed by atoms with Crippen molar-refractivity contribution in [2.75, 3.05) is 0 Å². The molecule has 0 atom stereocenters. The van der Waals surface area contributed by atoms with Gasteiger partial charge in [0.15, 0.2) is 0 Å². The van der Waals surface area contributed by atoms with Crippen LogP contribution < -0.4 is 0 Å². The Kier molecular flexibility index (Phi) is 11.0. The van der Waals surface area contributed by atoms with Crippen molar-refractivity contribution < 1.29 is 9.90 Å². The lowest BCUT2D eigenvalue weighted by molar-refractivity contribution is 0.0697. The van der Waals surface area contributed by atoms with Gasteiger partial charge in [-0.2, -0.15) is 0 Å². The molecule has 0 spiro atoms. The van der Waals surface area contributed by atoms with Crippen LogP contribution in [0.2, 0.25) is 0 Å². The Bertz CT molecular complexity index is 711. The maximum atomic E-state index is 10.6. The Balaban J connectivity index is 0.000000527. The fourth-order valence-electron chi connectivity index (χ4n) is 2.61. The predicted octanol–water partition coefficient (Wildman–Crippen LogP) is 7.97. The van der Waals surface area contributed by atoms with Gasteiger partial charge in [-0.3, -0.25) is 0 Å². The van der Waals surface area contributed by atoms with Gasteiger partial charge in [0.25, 0.3) is 0 Å². The van der Waals surface area contributed by atoms with Crippen molar-refractivity contribution in [3.8, 4) is 0 Å². The summed E-state index contributed by atoms with van der Waals surface area (Å²) in [5.41, 5.74) is 5.14. The van der Waals surface area contributed by atoms with E-state index in [-0.39, 0.29) is 7.43 Å². The summed E-state index contributed by atoms with van der Waals surface area (Å²) in [6, 6.07) is 16.0. The summed E-state index contributed by atoms with van der Waals surface area (Å²) < 4.78 is 0. The highest BCUT2D eigenvalue weighted by Gasteiger charge is 2.10. The zero-order valence-electron chi connectivity index (χ0n) is 18.8. The predicted molar refractivity (Wildman–Crippen MR) is 127 cm³/mol. The second kappa shape index (κ2) is 11.8. The number of carboxylic acids is 1. The van der Waals surface area contributed by atoms with E-state index < -0.39 is 5.97 Å². The summed E-state index contributed by atoms with van der Waals surface area (Å²) in [7, 11) is 0. The normalized spacial score (nSPS) is 11.1. The highest BCUT2D eigenvalue weighted by molar-refractivity contribution is 5.87. The fourth-order valence-corrected chi connectivity index (χ4v) is 2.61. The van der Waals surface area contributed by atoms with Crippen LogP contribution in [-0.4, -0.2) is 11.1 Å². The Labute approximate surface area is 179 Å². The van der Waals surface area contributed by atoms with E-state index in [2.05, 4.69) is 72.7 Å². The largest absolute Gasteiger partial charge is 0.478 e. The van der Waals surface area contributed by atoms with Crippen molar-refractivity contribution in [2.45, 2.75) is 81.6 Å². The lowest BCUT2D eigenvalue weighted by Gasteiger charge is -2.17. The fraction of sp³-hybridized carbons (Fsp3) is 0.519. The summed E-state index contributed by atoms with van der Waals surface area (Å²) >= 11 is 0. The molecule has 0 saturated heterocycles. The highest BCUT2D eigenvalue weighted by Crippen LogP contribution is 2.22. The number of carbonyl (C=O) groups is 1. The summed E-state index contributed by atoms with van der Waals surface area (Å²) in [5, 5.41) is 8.73. The number of hydrogen-bond donors (Lipinski definition) is 1. The molecule has 2 aromatic carbocycles. The van der Waals surface area contributed by atoms with E-state index in [1.54, 1.807) is 12.1 Å². The van der Waals surface area contributed by atoms with Crippen LogP contribution in [0.3, 0.4) is 0 Å². The molecule has 0 aromatic heterocycles. The van der Waals surface area contributed by atoms with Crippen LogP contribution in [0, 0.1) is 17.8 Å². The molecule has 0 radical (unpaired) electrons. The summed E-state index contributed by atoms with van der Waals surface area (Å²) in [5.74, 6) is -0.864. The number of hydrogen-bond acceptors (Lipinski definition) is 1. The minimum Gasteiger partial charge on any atom is -0.478 e. The first-order valence-corrected chi connectivity index (χ1v) is 10.2. The molecule has 0 unspecified atom stereocenters. The first kappa shape index (κ1) is 26.9. The number of aromatic carboxylic acids is 1. The van der Waals surface area contributed by atoms with Crippen LogP contribution in [0.4, 0.5) is 0 Å². The first-order valence-electron chi connectivity index (χ1n) is 10.2. The molecule has 0 bridgehead atoms. The van der Waals surface area contributed by atoms with Crippen LogP contribution in [0.25, 0.3) is 0 Å². The molecule has 0 aliphatic carbocycles. The molecule has 0 fully saturated rings. The van der Waals surface area contributed by atoms with E-state index >= 15 is 0 Å². The molecule has 2 aromatic rings. The van der Waals surface area contributed by atoms with E-state index in [4.69, 9.17) is 5.11 Å². The van der Waals surface area contributed by atoms with Gasteiger partial charge in [0.2, 0.25) is 0 Å². The molecule has 0 aliphatic rings. The van der Waals surface area contributed by atoms with E-state index in [0.717, 1.165) is 12.8 Å². The SMILES string of the molecule is C.CC(C)(C)CCc1ccc(C(=O)O)cc1.Cc1ccc(CCC(C)(C)C)cc1. The zero-order valence-corrected chi connectivity index (χ0v) is 18.8. The van der Waals surface area contributed by atoms with Gasteiger partial charge in [-0.05, 0) is 66.7 Å². The smallest absolute Gasteiger partial charge is 0.335 e. The van der Waals surface area contributed by atoms with Crippen molar-refractivity contribution >= 4 is 5.97 Å². The third-order valence-corrected chi connectivity index (χ3v) is 4.65. The van der Waals surface area contributed by atoms with Crippen LogP contribution in [0.1, 0.15) is 88.9 Å². The molecule has 2 heteroatoms. The average Bonchev–Trinajstić information content (AvgIpc) is 2.59. The van der Waals surface area contributed by atoms with Crippen LogP contribution in [0.5, 0.6) is 0 Å². The Morgan fingerprint density at radius 3 is 1.38 bits per heavy atom. The Hall–Kier alpha value is -2.09. The molecule has 0 saturated carbocycles. The number of benzene rings is 2. The van der Waals surface area contributed by atoms with Crippen molar-refractivity contribution in [1.29, 1.82) is 0 Å². The van der Waals surface area contributed by atoms with Crippen LogP contribution >= 0.6 is 0 Å². The van der Waals surface area contributed by atoms with Gasteiger partial charge in [0.1, 0.15) is 0 Å². The number of aryl methyl sites for hydroxylation is 3. The van der Waals surface area contributed by atoms with Gasteiger partial charge in [-0.25, -0.2) is 4.79 Å². The molecule has 2 nitrogen and oxygen atoms in total. The average molecular weight is 399 g/mol. The third kappa shape index (κ3) is 12.9. The Morgan fingerprint density at radius 2 is 1.07 bits per heavy atom. The van der Waals surface area contributed by atoms with Crippen LogP contribution in [0.15, 0.2) is 48.5 Å². The second-order valence-corrected chi connectivity index (χ2v) is 10.1. The summed E-state index contributed by atoms with van der Waals surface area (Å²) in [4.78, 5) is 10.6. The van der Waals surface area contributed by atoms with E-state index in [1.807, 2.05) is 12.1 Å². The first-order chi connectivity index (χ1) is 12.9. The van der Waals surface area contributed by atoms with E-state index in [0.29, 0.717) is 16.4 Å². The van der Waals surface area contributed by atoms with Crippen molar-refractivity contribution in [2.24, 2.45) is 10.8 Å². The zero-order chi connectivity index (χ0) is 21.4. The molecule has 0 aliphatic heterocycles. The molecule has 0 heterocycles. The number of carboxylic acid groups (broad SMARTS) is 1. The monoisotopic (exact) mass is 398 g/mol. The standard InChI is InChI=1S/C13H18O2.C13H20.CH4/c1-13(2,3)9-8-10-4-6-11(7-5-10)12(14)15;1-11-5-7-12(8-6-11)9-10-13(2,3)4;/h4-7H,8-9H2,1-3H3,(H,14,15);5-8H,9-10H2,1-4H3;1H4. The molecular formula is C27H42O2. The topological polar surface area (TPSA) is 37.3 Å². The minimum atomic E-state index is -0.864. The van der Waals surface area contributed by atoms with Crippen molar-refractivity contribution in [3.63, 3.8) is 0 Å². The van der Waals surface area contributed by atoms with Gasteiger partial charge in [-0.15, -0.1) is 0 Å². The molecule has 1 N–H and O–H groups in total. The van der Waals surface area contributed by atoms with Gasteiger partial charge in [0, 0.05) is 0 Å². The van der Waals surface area contributed by atoms with Crippen molar-refractivity contribution in [1.82, 2.24) is 0 Å². The van der Waals surface area contributed by atoms with E-state index in [1.165, 1.54) is 29.5 Å². The highest BCUT2D eigenvalue weighted by atomic mass is 16.4. The maximum absolute atomic E-state index is 10.6. The molecule has 0 amide bonds. The van der Waals surface area contributed by atoms with Gasteiger partial charge in [0.05, 0.1) is 5.56 Å². The quantitative estimate of drug-likeness (QED) is 0.554. The maximum Gasteiger partial charge on any atom is 0.335 e. The molecular weight excluding hydrogens is 356 g/mol. The molecule has 162 valence electrons. The van der Waals surface area contributed by atoms with Gasteiger partial charge < -0.3 is 5.11 Å². The van der Waals surface area contributed by atoms with Gasteiger partial charge >= 0.3 is 5.97 Å². The third-order valence-electron chi connectivity index (χ3n) is 4.65. The summed E-state index contributed by atoms with van der Waals surface area (Å²) in [6.07, 6.45) is 4.57. The second-order valence-electron chi connectivity index (χ2n) is 10.1. The molecule has 29 heavy (non-hydrogen) atoms. The lowest BCUT2D eigenvalue weighted by Crippen LogP contribution is -2.06. The summed E-state index contributed by atoms with van der Waals surface area (Å²) in [6.45, 7) is 15.6. The Morgan fingerprint density at radius 1 is 0.724 bits per heavy atom. The number of rotatable bonds is 5. The van der Waals surface area contributed by atoms with Crippen LogP contribution in [-0.2, 0) is 12.8 Å². The van der Waals surface area contributed by atoms with Gasteiger partial charge in [-0.1, -0.05) is 90.9 Å². The lowest BCUT2D eigenvalue weighted by atomic mass is 9.88. The molecule has 2 rings (SSSR count). The minimum absolute atomic E-state index is 0.